The minimum absolute atomic E-state index is 0.0260. The standard InChI is InChI=1S/C17H27N3O/c1-5-18-12(2)14-8-10-16(11-9-14)19-17(21)20(4)13(3)15-6-7-15/h8-13,15,18H,5-7H2,1-4H3,(H,19,21). The molecule has 1 aromatic rings. The normalized spacial score (nSPS) is 17.1. The van der Waals surface area contributed by atoms with Crippen LogP contribution in [0.5, 0.6) is 0 Å². The molecule has 2 unspecified atom stereocenters. The van der Waals surface area contributed by atoms with Gasteiger partial charge in [-0.25, -0.2) is 4.79 Å². The van der Waals surface area contributed by atoms with Crippen molar-refractivity contribution in [1.82, 2.24) is 10.2 Å². The van der Waals surface area contributed by atoms with Gasteiger partial charge < -0.3 is 15.5 Å². The van der Waals surface area contributed by atoms with Crippen LogP contribution in [0.15, 0.2) is 24.3 Å². The zero-order chi connectivity index (χ0) is 15.4. The van der Waals surface area contributed by atoms with E-state index in [2.05, 4.69) is 43.5 Å². The smallest absolute Gasteiger partial charge is 0.321 e. The monoisotopic (exact) mass is 289 g/mol. The summed E-state index contributed by atoms with van der Waals surface area (Å²) in [4.78, 5) is 14.0. The highest BCUT2D eigenvalue weighted by molar-refractivity contribution is 5.89. The average molecular weight is 289 g/mol. The largest absolute Gasteiger partial charge is 0.325 e. The SMILES string of the molecule is CCNC(C)c1ccc(NC(=O)N(C)C(C)C2CC2)cc1. The van der Waals surface area contributed by atoms with E-state index in [0.717, 1.165) is 12.2 Å². The molecule has 0 spiro atoms. The third-order valence-electron chi connectivity index (χ3n) is 4.41. The maximum Gasteiger partial charge on any atom is 0.321 e. The van der Waals surface area contributed by atoms with Crippen LogP contribution in [-0.4, -0.2) is 30.6 Å². The van der Waals surface area contributed by atoms with Crippen molar-refractivity contribution in [1.29, 1.82) is 0 Å². The quantitative estimate of drug-likeness (QED) is 0.840. The lowest BCUT2D eigenvalue weighted by Gasteiger charge is -2.25. The van der Waals surface area contributed by atoms with E-state index in [4.69, 9.17) is 0 Å². The summed E-state index contributed by atoms with van der Waals surface area (Å²) in [5, 5.41) is 6.35. The lowest BCUT2D eigenvalue weighted by atomic mass is 10.1. The van der Waals surface area contributed by atoms with Crippen molar-refractivity contribution in [2.75, 3.05) is 18.9 Å². The van der Waals surface area contributed by atoms with Gasteiger partial charge in [0, 0.05) is 24.8 Å². The maximum atomic E-state index is 12.2. The summed E-state index contributed by atoms with van der Waals surface area (Å²) >= 11 is 0. The minimum atomic E-state index is -0.0260. The predicted molar refractivity (Wildman–Crippen MR) is 87.5 cm³/mol. The fraction of sp³-hybridized carbons (Fsp3) is 0.588. The van der Waals surface area contributed by atoms with Crippen LogP contribution in [0, 0.1) is 5.92 Å². The summed E-state index contributed by atoms with van der Waals surface area (Å²) in [6.07, 6.45) is 2.49. The van der Waals surface area contributed by atoms with E-state index in [1.54, 1.807) is 0 Å². The van der Waals surface area contributed by atoms with Gasteiger partial charge in [-0.05, 0) is 56.8 Å². The van der Waals surface area contributed by atoms with Crippen molar-refractivity contribution in [3.63, 3.8) is 0 Å². The van der Waals surface area contributed by atoms with Crippen LogP contribution in [-0.2, 0) is 0 Å². The maximum absolute atomic E-state index is 12.2. The van der Waals surface area contributed by atoms with Crippen molar-refractivity contribution in [3.8, 4) is 0 Å². The number of amides is 2. The molecule has 4 heteroatoms. The van der Waals surface area contributed by atoms with Crippen LogP contribution in [0.25, 0.3) is 0 Å². The van der Waals surface area contributed by atoms with Gasteiger partial charge in [0.1, 0.15) is 0 Å². The first-order valence-corrected chi connectivity index (χ1v) is 7.90. The van der Waals surface area contributed by atoms with Gasteiger partial charge >= 0.3 is 6.03 Å². The van der Waals surface area contributed by atoms with Gasteiger partial charge in [-0.3, -0.25) is 0 Å². The number of urea groups is 1. The second kappa shape index (κ2) is 6.94. The van der Waals surface area contributed by atoms with Gasteiger partial charge in [0.2, 0.25) is 0 Å². The van der Waals surface area contributed by atoms with Crippen molar-refractivity contribution in [3.05, 3.63) is 29.8 Å². The molecule has 2 N–H and O–H groups in total. The van der Waals surface area contributed by atoms with Crippen LogP contribution in [0.4, 0.5) is 10.5 Å². The lowest BCUT2D eigenvalue weighted by Crippen LogP contribution is -2.39. The van der Waals surface area contributed by atoms with Gasteiger partial charge in [-0.2, -0.15) is 0 Å². The number of carbonyl (C=O) groups excluding carboxylic acids is 1. The highest BCUT2D eigenvalue weighted by atomic mass is 16.2. The molecule has 1 fully saturated rings. The molecular weight excluding hydrogens is 262 g/mol. The molecule has 4 nitrogen and oxygen atoms in total. The molecule has 2 rings (SSSR count). The molecule has 2 atom stereocenters. The van der Waals surface area contributed by atoms with E-state index in [0.29, 0.717) is 18.0 Å². The molecule has 1 aliphatic carbocycles. The van der Waals surface area contributed by atoms with Crippen LogP contribution in [0.2, 0.25) is 0 Å². The van der Waals surface area contributed by atoms with E-state index < -0.39 is 0 Å². The second-order valence-corrected chi connectivity index (χ2v) is 6.02. The van der Waals surface area contributed by atoms with Gasteiger partial charge in [0.25, 0.3) is 0 Å². The van der Waals surface area contributed by atoms with Gasteiger partial charge in [0.15, 0.2) is 0 Å². The molecule has 1 aromatic carbocycles. The van der Waals surface area contributed by atoms with Gasteiger partial charge in [0.05, 0.1) is 0 Å². The van der Waals surface area contributed by atoms with Crippen LogP contribution >= 0.6 is 0 Å². The fourth-order valence-electron chi connectivity index (χ4n) is 2.57. The van der Waals surface area contributed by atoms with Crippen molar-refractivity contribution in [2.24, 2.45) is 5.92 Å². The molecule has 0 radical (unpaired) electrons. The van der Waals surface area contributed by atoms with Gasteiger partial charge in [-0.1, -0.05) is 19.1 Å². The van der Waals surface area contributed by atoms with E-state index in [1.807, 2.05) is 24.1 Å². The van der Waals surface area contributed by atoms with Crippen molar-refractivity contribution in [2.45, 2.75) is 45.7 Å². The van der Waals surface area contributed by atoms with Crippen molar-refractivity contribution < 1.29 is 4.79 Å². The Hall–Kier alpha value is -1.55. The highest BCUT2D eigenvalue weighted by Crippen LogP contribution is 2.34. The van der Waals surface area contributed by atoms with E-state index in [-0.39, 0.29) is 6.03 Å². The number of hydrogen-bond donors (Lipinski definition) is 2. The van der Waals surface area contributed by atoms with Crippen LogP contribution in [0.1, 0.15) is 45.2 Å². The number of hydrogen-bond acceptors (Lipinski definition) is 2. The Morgan fingerprint density at radius 3 is 2.43 bits per heavy atom. The number of carbonyl (C=O) groups is 1. The van der Waals surface area contributed by atoms with Crippen LogP contribution in [0.3, 0.4) is 0 Å². The molecule has 2 amide bonds. The molecule has 116 valence electrons. The Morgan fingerprint density at radius 2 is 1.90 bits per heavy atom. The fourth-order valence-corrected chi connectivity index (χ4v) is 2.57. The number of nitrogens with zero attached hydrogens (tertiary/aromatic N) is 1. The Balaban J connectivity index is 1.91. The molecule has 0 heterocycles. The molecule has 1 saturated carbocycles. The minimum Gasteiger partial charge on any atom is -0.325 e. The molecular formula is C17H27N3O. The lowest BCUT2D eigenvalue weighted by molar-refractivity contribution is 0.201. The van der Waals surface area contributed by atoms with E-state index in [1.165, 1.54) is 18.4 Å². The van der Waals surface area contributed by atoms with Crippen molar-refractivity contribution >= 4 is 11.7 Å². The van der Waals surface area contributed by atoms with Gasteiger partial charge in [-0.15, -0.1) is 0 Å². The third-order valence-corrected chi connectivity index (χ3v) is 4.41. The summed E-state index contributed by atoms with van der Waals surface area (Å²) in [6, 6.07) is 8.69. The zero-order valence-corrected chi connectivity index (χ0v) is 13.5. The molecule has 0 aromatic heterocycles. The van der Waals surface area contributed by atoms with E-state index >= 15 is 0 Å². The molecule has 0 saturated heterocycles. The Bertz CT molecular complexity index is 467. The summed E-state index contributed by atoms with van der Waals surface area (Å²) < 4.78 is 0. The molecule has 0 bridgehead atoms. The molecule has 21 heavy (non-hydrogen) atoms. The first-order valence-electron chi connectivity index (χ1n) is 7.90. The zero-order valence-electron chi connectivity index (χ0n) is 13.5. The van der Waals surface area contributed by atoms with Crippen LogP contribution < -0.4 is 10.6 Å². The summed E-state index contributed by atoms with van der Waals surface area (Å²) in [5.41, 5.74) is 2.08. The van der Waals surface area contributed by atoms with E-state index in [9.17, 15) is 4.79 Å². The molecule has 1 aliphatic rings. The Morgan fingerprint density at radius 1 is 1.29 bits per heavy atom. The second-order valence-electron chi connectivity index (χ2n) is 6.02. The highest BCUT2D eigenvalue weighted by Gasteiger charge is 2.32. The summed E-state index contributed by atoms with van der Waals surface area (Å²) in [7, 11) is 1.87. The predicted octanol–water partition coefficient (Wildman–Crippen LogP) is 3.62. The number of anilines is 1. The molecule has 0 aliphatic heterocycles. The number of nitrogens with one attached hydrogen (secondary N) is 2. The Kier molecular flexibility index (Phi) is 5.23. The number of rotatable bonds is 6. The average Bonchev–Trinajstić information content (AvgIpc) is 3.31. The number of benzene rings is 1. The summed E-state index contributed by atoms with van der Waals surface area (Å²) in [6.45, 7) is 7.31. The summed E-state index contributed by atoms with van der Waals surface area (Å²) in [5.74, 6) is 0.684. The Labute approximate surface area is 127 Å². The topological polar surface area (TPSA) is 44.4 Å². The first-order chi connectivity index (χ1) is 10.0. The first kappa shape index (κ1) is 15.8. The third kappa shape index (κ3) is 4.21.